The molecule has 2 aromatic heterocycles. The number of fused-ring (bicyclic) bond motifs is 1. The summed E-state index contributed by atoms with van der Waals surface area (Å²) in [5.41, 5.74) is 4.44. The quantitative estimate of drug-likeness (QED) is 0.492. The van der Waals surface area contributed by atoms with Crippen LogP contribution >= 0.6 is 0 Å². The number of hydrogen-bond acceptors (Lipinski definition) is 5. The summed E-state index contributed by atoms with van der Waals surface area (Å²) in [6.45, 7) is 2.56. The molecule has 0 saturated carbocycles. The summed E-state index contributed by atoms with van der Waals surface area (Å²) in [6.07, 6.45) is 1.20. The Bertz CT molecular complexity index is 1300. The summed E-state index contributed by atoms with van der Waals surface area (Å²) in [6, 6.07) is 14.5. The molecule has 4 aromatic rings. The molecule has 0 fully saturated rings. The van der Waals surface area contributed by atoms with E-state index in [4.69, 9.17) is 4.52 Å². The Morgan fingerprint density at radius 3 is 2.78 bits per heavy atom. The summed E-state index contributed by atoms with van der Waals surface area (Å²) in [7, 11) is 1.87. The molecule has 162 valence electrons. The van der Waals surface area contributed by atoms with E-state index < -0.39 is 0 Å². The van der Waals surface area contributed by atoms with E-state index in [2.05, 4.69) is 15.2 Å². The maximum Gasteiger partial charge on any atom is 0.278 e. The van der Waals surface area contributed by atoms with Crippen LogP contribution in [0.15, 0.2) is 53.1 Å². The molecule has 0 unspecified atom stereocenters. The average molecular weight is 431 g/mol. The van der Waals surface area contributed by atoms with E-state index in [1.807, 2.05) is 37.4 Å². The van der Waals surface area contributed by atoms with Gasteiger partial charge in [-0.15, -0.1) is 0 Å². The molecular weight excluding hydrogens is 409 g/mol. The molecule has 0 spiro atoms. The van der Waals surface area contributed by atoms with Crippen molar-refractivity contribution in [1.29, 1.82) is 0 Å². The number of halogens is 1. The Balaban J connectivity index is 1.41. The molecule has 1 aliphatic rings. The lowest BCUT2D eigenvalue weighted by atomic mass is 10.0. The SMILES string of the molecule is Cc1ccc(C(=O)N2CCc3c(c(-c4nc(Cc5ccccc5)no4)nn3C)C2)cc1F. The minimum absolute atomic E-state index is 0.209. The van der Waals surface area contributed by atoms with Crippen LogP contribution in [0, 0.1) is 12.7 Å². The molecule has 0 aliphatic carbocycles. The minimum Gasteiger partial charge on any atom is -0.334 e. The molecule has 32 heavy (non-hydrogen) atoms. The van der Waals surface area contributed by atoms with E-state index in [1.165, 1.54) is 6.07 Å². The highest BCUT2D eigenvalue weighted by Gasteiger charge is 2.30. The van der Waals surface area contributed by atoms with Crippen molar-refractivity contribution in [1.82, 2.24) is 24.8 Å². The van der Waals surface area contributed by atoms with Crippen molar-refractivity contribution in [3.8, 4) is 11.6 Å². The minimum atomic E-state index is -0.382. The Hall–Kier alpha value is -3.81. The number of hydrogen-bond donors (Lipinski definition) is 0. The molecule has 0 radical (unpaired) electrons. The van der Waals surface area contributed by atoms with Crippen LogP contribution in [0.4, 0.5) is 4.39 Å². The Morgan fingerprint density at radius 2 is 2.00 bits per heavy atom. The van der Waals surface area contributed by atoms with Gasteiger partial charge in [0.1, 0.15) is 5.82 Å². The van der Waals surface area contributed by atoms with Gasteiger partial charge in [-0.05, 0) is 30.2 Å². The van der Waals surface area contributed by atoms with Crippen molar-refractivity contribution < 1.29 is 13.7 Å². The average Bonchev–Trinajstić information content (AvgIpc) is 3.40. The molecule has 7 nitrogen and oxygen atoms in total. The van der Waals surface area contributed by atoms with Crippen molar-refractivity contribution in [3.05, 3.63) is 88.1 Å². The van der Waals surface area contributed by atoms with Crippen LogP contribution in [0.1, 0.15) is 38.6 Å². The van der Waals surface area contributed by atoms with Gasteiger partial charge >= 0.3 is 0 Å². The first-order chi connectivity index (χ1) is 15.5. The number of aryl methyl sites for hydroxylation is 2. The lowest BCUT2D eigenvalue weighted by Crippen LogP contribution is -2.36. The Morgan fingerprint density at radius 1 is 1.19 bits per heavy atom. The number of aromatic nitrogens is 4. The van der Waals surface area contributed by atoms with Gasteiger partial charge in [0.05, 0.1) is 6.54 Å². The molecule has 5 rings (SSSR count). The second-order valence-electron chi connectivity index (χ2n) is 8.02. The highest BCUT2D eigenvalue weighted by molar-refractivity contribution is 5.94. The Labute approximate surface area is 184 Å². The summed E-state index contributed by atoms with van der Waals surface area (Å²) < 4.78 is 21.3. The van der Waals surface area contributed by atoms with Crippen LogP contribution in [0.2, 0.25) is 0 Å². The second kappa shape index (κ2) is 8.03. The molecule has 8 heteroatoms. The fraction of sp³-hybridized carbons (Fsp3) is 0.250. The van der Waals surface area contributed by atoms with Crippen molar-refractivity contribution in [2.24, 2.45) is 7.05 Å². The maximum atomic E-state index is 14.0. The number of amides is 1. The highest BCUT2D eigenvalue weighted by Crippen LogP contribution is 2.30. The molecule has 1 aliphatic heterocycles. The predicted molar refractivity (Wildman–Crippen MR) is 115 cm³/mol. The zero-order valence-corrected chi connectivity index (χ0v) is 17.9. The summed E-state index contributed by atoms with van der Waals surface area (Å²) in [5, 5.41) is 8.71. The third-order valence-corrected chi connectivity index (χ3v) is 5.82. The third kappa shape index (κ3) is 3.68. The molecule has 3 heterocycles. The molecule has 0 atom stereocenters. The van der Waals surface area contributed by atoms with Crippen LogP contribution < -0.4 is 0 Å². The molecule has 0 saturated heterocycles. The first-order valence-electron chi connectivity index (χ1n) is 10.5. The maximum absolute atomic E-state index is 14.0. The smallest absolute Gasteiger partial charge is 0.278 e. The van der Waals surface area contributed by atoms with Crippen LogP contribution in [0.5, 0.6) is 0 Å². The number of nitrogens with zero attached hydrogens (tertiary/aromatic N) is 5. The van der Waals surface area contributed by atoms with E-state index in [9.17, 15) is 9.18 Å². The number of benzene rings is 2. The highest BCUT2D eigenvalue weighted by atomic mass is 19.1. The monoisotopic (exact) mass is 431 g/mol. The fourth-order valence-electron chi connectivity index (χ4n) is 4.05. The van der Waals surface area contributed by atoms with Crippen molar-refractivity contribution in [2.45, 2.75) is 26.3 Å². The van der Waals surface area contributed by atoms with Gasteiger partial charge in [-0.3, -0.25) is 9.48 Å². The van der Waals surface area contributed by atoms with E-state index in [0.29, 0.717) is 54.5 Å². The van der Waals surface area contributed by atoms with Crippen LogP contribution in [-0.4, -0.2) is 37.3 Å². The van der Waals surface area contributed by atoms with Crippen molar-refractivity contribution in [2.75, 3.05) is 6.54 Å². The first kappa shape index (κ1) is 20.1. The standard InChI is InChI=1S/C24H22FN5O2/c1-15-8-9-17(13-19(15)25)24(31)30-11-10-20-18(14-30)22(27-29(20)2)23-26-21(28-32-23)12-16-6-4-3-5-7-16/h3-9,13H,10-12,14H2,1-2H3. The van der Waals surface area contributed by atoms with Gasteiger partial charge in [0, 0.05) is 43.3 Å². The van der Waals surface area contributed by atoms with Gasteiger partial charge in [-0.25, -0.2) is 4.39 Å². The summed E-state index contributed by atoms with van der Waals surface area (Å²) >= 11 is 0. The lowest BCUT2D eigenvalue weighted by molar-refractivity contribution is 0.0733. The lowest BCUT2D eigenvalue weighted by Gasteiger charge is -2.27. The Kier molecular flexibility index (Phi) is 5.05. The van der Waals surface area contributed by atoms with Crippen molar-refractivity contribution >= 4 is 5.91 Å². The summed E-state index contributed by atoms with van der Waals surface area (Å²) in [5.74, 6) is 0.319. The van der Waals surface area contributed by atoms with Crippen LogP contribution in [0.3, 0.4) is 0 Å². The summed E-state index contributed by atoms with van der Waals surface area (Å²) in [4.78, 5) is 19.3. The van der Waals surface area contributed by atoms with Gasteiger partial charge in [0.15, 0.2) is 11.5 Å². The topological polar surface area (TPSA) is 77.1 Å². The predicted octanol–water partition coefficient (Wildman–Crippen LogP) is 3.71. The van der Waals surface area contributed by atoms with Gasteiger partial charge in [0.2, 0.25) is 0 Å². The normalized spacial score (nSPS) is 13.3. The first-order valence-corrected chi connectivity index (χ1v) is 10.5. The van der Waals surface area contributed by atoms with Gasteiger partial charge in [-0.2, -0.15) is 10.1 Å². The third-order valence-electron chi connectivity index (χ3n) is 5.82. The fourth-order valence-corrected chi connectivity index (χ4v) is 4.05. The van der Waals surface area contributed by atoms with Gasteiger partial charge in [-0.1, -0.05) is 41.6 Å². The van der Waals surface area contributed by atoms with E-state index in [-0.39, 0.29) is 11.7 Å². The number of carbonyl (C=O) groups excluding carboxylic acids is 1. The molecule has 1 amide bonds. The van der Waals surface area contributed by atoms with E-state index in [1.54, 1.807) is 28.6 Å². The van der Waals surface area contributed by atoms with E-state index >= 15 is 0 Å². The zero-order chi connectivity index (χ0) is 22.2. The molecule has 0 N–H and O–H groups in total. The van der Waals surface area contributed by atoms with Gasteiger partial charge < -0.3 is 9.42 Å². The van der Waals surface area contributed by atoms with Gasteiger partial charge in [0.25, 0.3) is 11.8 Å². The largest absolute Gasteiger partial charge is 0.334 e. The molecular formula is C24H22FN5O2. The zero-order valence-electron chi connectivity index (χ0n) is 17.9. The molecule has 2 aromatic carbocycles. The van der Waals surface area contributed by atoms with Crippen LogP contribution in [0.25, 0.3) is 11.6 Å². The number of rotatable bonds is 4. The second-order valence-corrected chi connectivity index (χ2v) is 8.02. The van der Waals surface area contributed by atoms with Crippen LogP contribution in [-0.2, 0) is 26.4 Å². The van der Waals surface area contributed by atoms with Crippen molar-refractivity contribution in [3.63, 3.8) is 0 Å². The molecule has 0 bridgehead atoms. The number of carbonyl (C=O) groups is 1. The van der Waals surface area contributed by atoms with E-state index in [0.717, 1.165) is 16.8 Å².